The largest absolute Gasteiger partial charge is 0.354 e. The van der Waals surface area contributed by atoms with Gasteiger partial charge in [-0.05, 0) is 66.2 Å². The first kappa shape index (κ1) is 14.8. The Morgan fingerprint density at radius 1 is 1.16 bits per heavy atom. The number of piperidine rings is 2. The quantitative estimate of drug-likeness (QED) is 0.837. The smallest absolute Gasteiger partial charge is 0.224 e. The molecule has 0 aromatic heterocycles. The molecule has 0 unspecified atom stereocenters. The van der Waals surface area contributed by atoms with Crippen LogP contribution in [0, 0.1) is 5.92 Å². The van der Waals surface area contributed by atoms with E-state index in [1.807, 2.05) is 13.8 Å². The minimum Gasteiger partial charge on any atom is -0.354 e. The standard InChI is InChI=1S/C15H29N3O/c1-12(2)16-15(19)13-5-4-8-18(11-13)14-6-9-17(3)10-7-14/h12-14H,4-11H2,1-3H3,(H,16,19)/t13-/m1/s1. The first-order chi connectivity index (χ1) is 9.06. The summed E-state index contributed by atoms with van der Waals surface area (Å²) in [5, 5.41) is 3.07. The molecule has 4 heteroatoms. The van der Waals surface area contributed by atoms with Crippen LogP contribution in [0.4, 0.5) is 0 Å². The van der Waals surface area contributed by atoms with Gasteiger partial charge in [-0.2, -0.15) is 0 Å². The zero-order valence-corrected chi connectivity index (χ0v) is 12.7. The number of nitrogens with one attached hydrogen (secondary N) is 1. The molecule has 2 rings (SSSR count). The van der Waals surface area contributed by atoms with Crippen LogP contribution in [0.2, 0.25) is 0 Å². The Hall–Kier alpha value is -0.610. The molecule has 0 saturated carbocycles. The van der Waals surface area contributed by atoms with E-state index in [0.29, 0.717) is 6.04 Å². The maximum absolute atomic E-state index is 12.1. The molecule has 2 heterocycles. The van der Waals surface area contributed by atoms with Crippen molar-refractivity contribution in [2.45, 2.75) is 51.6 Å². The second-order valence-corrected chi connectivity index (χ2v) is 6.53. The first-order valence-corrected chi connectivity index (χ1v) is 7.79. The summed E-state index contributed by atoms with van der Waals surface area (Å²) >= 11 is 0. The van der Waals surface area contributed by atoms with Crippen LogP contribution in [0.1, 0.15) is 39.5 Å². The number of hydrogen-bond donors (Lipinski definition) is 1. The molecular weight excluding hydrogens is 238 g/mol. The molecule has 0 aliphatic carbocycles. The fourth-order valence-corrected chi connectivity index (χ4v) is 3.31. The number of likely N-dealkylation sites (tertiary alicyclic amines) is 2. The van der Waals surface area contributed by atoms with Gasteiger partial charge in [0.15, 0.2) is 0 Å². The predicted molar refractivity (Wildman–Crippen MR) is 78.1 cm³/mol. The average molecular weight is 267 g/mol. The Bertz CT molecular complexity index is 298. The van der Waals surface area contributed by atoms with Crippen molar-refractivity contribution in [3.8, 4) is 0 Å². The van der Waals surface area contributed by atoms with E-state index in [-0.39, 0.29) is 17.9 Å². The van der Waals surface area contributed by atoms with Crippen LogP contribution in [-0.2, 0) is 4.79 Å². The monoisotopic (exact) mass is 267 g/mol. The highest BCUT2D eigenvalue weighted by atomic mass is 16.2. The minimum absolute atomic E-state index is 0.204. The molecule has 0 spiro atoms. The molecule has 1 N–H and O–H groups in total. The zero-order chi connectivity index (χ0) is 13.8. The fourth-order valence-electron chi connectivity index (χ4n) is 3.31. The van der Waals surface area contributed by atoms with E-state index >= 15 is 0 Å². The van der Waals surface area contributed by atoms with Gasteiger partial charge in [-0.1, -0.05) is 0 Å². The molecule has 0 aromatic rings. The summed E-state index contributed by atoms with van der Waals surface area (Å²) in [5.41, 5.74) is 0. The number of rotatable bonds is 3. The molecule has 4 nitrogen and oxygen atoms in total. The van der Waals surface area contributed by atoms with Gasteiger partial charge >= 0.3 is 0 Å². The Morgan fingerprint density at radius 3 is 2.47 bits per heavy atom. The lowest BCUT2D eigenvalue weighted by atomic mass is 9.93. The molecule has 2 aliphatic rings. The third-order valence-electron chi connectivity index (χ3n) is 4.46. The molecule has 0 bridgehead atoms. The maximum atomic E-state index is 12.1. The predicted octanol–water partition coefficient (Wildman–Crippen LogP) is 1.32. The molecule has 19 heavy (non-hydrogen) atoms. The van der Waals surface area contributed by atoms with Crippen molar-refractivity contribution in [3.63, 3.8) is 0 Å². The molecule has 0 aromatic carbocycles. The molecule has 2 fully saturated rings. The van der Waals surface area contributed by atoms with Gasteiger partial charge in [0.1, 0.15) is 0 Å². The minimum atomic E-state index is 0.204. The molecule has 0 radical (unpaired) electrons. The zero-order valence-electron chi connectivity index (χ0n) is 12.7. The van der Waals surface area contributed by atoms with Crippen LogP contribution in [0.15, 0.2) is 0 Å². The normalized spacial score (nSPS) is 27.7. The lowest BCUT2D eigenvalue weighted by Crippen LogP contribution is -2.50. The highest BCUT2D eigenvalue weighted by molar-refractivity contribution is 5.79. The third kappa shape index (κ3) is 4.18. The van der Waals surface area contributed by atoms with Crippen molar-refractivity contribution in [2.24, 2.45) is 5.92 Å². The first-order valence-electron chi connectivity index (χ1n) is 7.79. The van der Waals surface area contributed by atoms with Gasteiger partial charge in [0.05, 0.1) is 5.92 Å². The van der Waals surface area contributed by atoms with E-state index in [4.69, 9.17) is 0 Å². The van der Waals surface area contributed by atoms with Gasteiger partial charge < -0.3 is 10.2 Å². The van der Waals surface area contributed by atoms with E-state index < -0.39 is 0 Å². The van der Waals surface area contributed by atoms with E-state index in [0.717, 1.165) is 13.0 Å². The Balaban J connectivity index is 1.84. The lowest BCUT2D eigenvalue weighted by Gasteiger charge is -2.41. The van der Waals surface area contributed by atoms with Gasteiger partial charge in [0.2, 0.25) is 5.91 Å². The van der Waals surface area contributed by atoms with E-state index in [1.165, 1.54) is 38.9 Å². The number of carbonyl (C=O) groups excluding carboxylic acids is 1. The number of nitrogens with zero attached hydrogens (tertiary/aromatic N) is 2. The van der Waals surface area contributed by atoms with Crippen molar-refractivity contribution in [3.05, 3.63) is 0 Å². The van der Waals surface area contributed by atoms with E-state index in [2.05, 4.69) is 22.2 Å². The summed E-state index contributed by atoms with van der Waals surface area (Å²) in [4.78, 5) is 17.1. The Kier molecular flexibility index (Phi) is 5.22. The molecule has 2 saturated heterocycles. The van der Waals surface area contributed by atoms with Crippen LogP contribution in [0.25, 0.3) is 0 Å². The Morgan fingerprint density at radius 2 is 1.84 bits per heavy atom. The number of amides is 1. The summed E-state index contributed by atoms with van der Waals surface area (Å²) in [7, 11) is 2.20. The summed E-state index contributed by atoms with van der Waals surface area (Å²) < 4.78 is 0. The number of carbonyl (C=O) groups is 1. The summed E-state index contributed by atoms with van der Waals surface area (Å²) in [6.45, 7) is 8.62. The molecule has 1 amide bonds. The van der Waals surface area contributed by atoms with Gasteiger partial charge in [0, 0.05) is 18.6 Å². The Labute approximate surface area is 117 Å². The van der Waals surface area contributed by atoms with Gasteiger partial charge in [-0.3, -0.25) is 9.69 Å². The SMILES string of the molecule is CC(C)NC(=O)[C@@H]1CCCN(C2CCN(C)CC2)C1. The van der Waals surface area contributed by atoms with Crippen LogP contribution in [0.5, 0.6) is 0 Å². The molecule has 2 aliphatic heterocycles. The van der Waals surface area contributed by atoms with Crippen molar-refractivity contribution < 1.29 is 4.79 Å². The van der Waals surface area contributed by atoms with E-state index in [1.54, 1.807) is 0 Å². The second-order valence-electron chi connectivity index (χ2n) is 6.53. The number of hydrogen-bond acceptors (Lipinski definition) is 3. The molecular formula is C15H29N3O. The van der Waals surface area contributed by atoms with Gasteiger partial charge in [-0.25, -0.2) is 0 Å². The fraction of sp³-hybridized carbons (Fsp3) is 0.933. The van der Waals surface area contributed by atoms with Gasteiger partial charge in [0.25, 0.3) is 0 Å². The van der Waals surface area contributed by atoms with Crippen LogP contribution in [-0.4, -0.2) is 61.0 Å². The highest BCUT2D eigenvalue weighted by Crippen LogP contribution is 2.23. The van der Waals surface area contributed by atoms with E-state index in [9.17, 15) is 4.79 Å². The highest BCUT2D eigenvalue weighted by Gasteiger charge is 2.31. The molecule has 110 valence electrons. The topological polar surface area (TPSA) is 35.6 Å². The van der Waals surface area contributed by atoms with Crippen molar-refractivity contribution in [2.75, 3.05) is 33.2 Å². The lowest BCUT2D eigenvalue weighted by molar-refractivity contribution is -0.127. The average Bonchev–Trinajstić information content (AvgIpc) is 2.39. The summed E-state index contributed by atoms with van der Waals surface area (Å²) in [6.07, 6.45) is 4.74. The third-order valence-corrected chi connectivity index (χ3v) is 4.46. The van der Waals surface area contributed by atoms with Crippen molar-refractivity contribution >= 4 is 5.91 Å². The van der Waals surface area contributed by atoms with Crippen molar-refractivity contribution in [1.29, 1.82) is 0 Å². The summed E-state index contributed by atoms with van der Waals surface area (Å²) in [6, 6.07) is 0.956. The van der Waals surface area contributed by atoms with Crippen LogP contribution in [0.3, 0.4) is 0 Å². The maximum Gasteiger partial charge on any atom is 0.224 e. The second kappa shape index (κ2) is 6.71. The molecule has 1 atom stereocenters. The van der Waals surface area contributed by atoms with Crippen LogP contribution >= 0.6 is 0 Å². The van der Waals surface area contributed by atoms with Gasteiger partial charge in [-0.15, -0.1) is 0 Å². The summed E-state index contributed by atoms with van der Waals surface area (Å²) in [5.74, 6) is 0.462. The van der Waals surface area contributed by atoms with Crippen molar-refractivity contribution in [1.82, 2.24) is 15.1 Å². The van der Waals surface area contributed by atoms with Crippen LogP contribution < -0.4 is 5.32 Å².